The Hall–Kier alpha value is -4.60. The van der Waals surface area contributed by atoms with Gasteiger partial charge in [0, 0.05) is 12.8 Å². The quantitative estimate of drug-likeness (QED) is 0.126. The molecule has 0 unspecified atom stereocenters. The average molecular weight is 537 g/mol. The molecule has 10 heteroatoms. The number of nitrogens with zero attached hydrogens (tertiary/aromatic N) is 2. The summed E-state index contributed by atoms with van der Waals surface area (Å²) in [6.45, 7) is 7.98. The lowest BCUT2D eigenvalue weighted by atomic mass is 10.1. The summed E-state index contributed by atoms with van der Waals surface area (Å²) in [6.07, 6.45) is 8.98. The highest BCUT2D eigenvalue weighted by Gasteiger charge is 2.06. The fourth-order valence-electron chi connectivity index (χ4n) is 3.28. The van der Waals surface area contributed by atoms with E-state index < -0.39 is 0 Å². The van der Waals surface area contributed by atoms with Crippen molar-refractivity contribution in [1.82, 2.24) is 10.9 Å². The molecule has 0 atom stereocenters. The maximum absolute atomic E-state index is 12.0. The number of hydrogen-bond donors (Lipinski definition) is 2. The number of unbranched alkanes of at least 4 members (excludes halogenated alkanes) is 2. The summed E-state index contributed by atoms with van der Waals surface area (Å²) in [7, 11) is 3.10. The molecule has 2 amide bonds. The number of nitrogens with one attached hydrogen (secondary N) is 2. The second-order valence-electron chi connectivity index (χ2n) is 8.17. The van der Waals surface area contributed by atoms with Gasteiger partial charge in [-0.05, 0) is 60.4 Å². The minimum Gasteiger partial charge on any atom is -0.493 e. The van der Waals surface area contributed by atoms with Gasteiger partial charge in [0.2, 0.25) is 11.8 Å². The number of ether oxygens (including phenoxy) is 4. The van der Waals surface area contributed by atoms with Gasteiger partial charge < -0.3 is 18.9 Å². The van der Waals surface area contributed by atoms with Crippen LogP contribution in [0.1, 0.15) is 43.2 Å². The Balaban J connectivity index is 1.64. The molecule has 0 saturated carbocycles. The molecule has 2 aromatic rings. The monoisotopic (exact) mass is 536 g/mol. The van der Waals surface area contributed by atoms with Crippen LogP contribution in [-0.4, -0.2) is 51.7 Å². The third kappa shape index (κ3) is 11.5. The van der Waals surface area contributed by atoms with Crippen molar-refractivity contribution < 1.29 is 28.5 Å². The maximum atomic E-state index is 12.0. The first kappa shape index (κ1) is 30.6. The molecule has 0 saturated heterocycles. The summed E-state index contributed by atoms with van der Waals surface area (Å²) in [5.41, 5.74) is 6.52. The van der Waals surface area contributed by atoms with E-state index >= 15 is 0 Å². The molecule has 39 heavy (non-hydrogen) atoms. The number of hydrogen-bond acceptors (Lipinski definition) is 8. The predicted octanol–water partition coefficient (Wildman–Crippen LogP) is 4.38. The van der Waals surface area contributed by atoms with Crippen LogP contribution < -0.4 is 29.8 Å². The zero-order chi connectivity index (χ0) is 28.3. The smallest absolute Gasteiger partial charge is 0.240 e. The van der Waals surface area contributed by atoms with Gasteiger partial charge in [0.1, 0.15) is 13.2 Å². The number of hydrazone groups is 2. The first-order valence-corrected chi connectivity index (χ1v) is 12.5. The zero-order valence-electron chi connectivity index (χ0n) is 22.5. The third-order valence-corrected chi connectivity index (χ3v) is 5.20. The molecule has 0 aliphatic heterocycles. The fourth-order valence-corrected chi connectivity index (χ4v) is 3.28. The van der Waals surface area contributed by atoms with E-state index in [0.717, 1.165) is 17.5 Å². The van der Waals surface area contributed by atoms with Crippen molar-refractivity contribution in [3.05, 3.63) is 72.8 Å². The van der Waals surface area contributed by atoms with Gasteiger partial charge in [0.05, 0.1) is 26.6 Å². The second kappa shape index (κ2) is 17.8. The highest BCUT2D eigenvalue weighted by Crippen LogP contribution is 2.28. The second-order valence-corrected chi connectivity index (χ2v) is 8.17. The lowest BCUT2D eigenvalue weighted by Gasteiger charge is -2.09. The Morgan fingerprint density at radius 3 is 1.54 bits per heavy atom. The van der Waals surface area contributed by atoms with E-state index in [1.54, 1.807) is 62.8 Å². The van der Waals surface area contributed by atoms with E-state index in [1.807, 2.05) is 0 Å². The van der Waals surface area contributed by atoms with Gasteiger partial charge in [-0.15, -0.1) is 0 Å². The number of methoxy groups -OCH3 is 2. The molecule has 2 N–H and O–H groups in total. The van der Waals surface area contributed by atoms with Crippen molar-refractivity contribution in [2.75, 3.05) is 27.4 Å². The Kier molecular flexibility index (Phi) is 14.0. The van der Waals surface area contributed by atoms with Crippen LogP contribution in [0.3, 0.4) is 0 Å². The van der Waals surface area contributed by atoms with Gasteiger partial charge in [0.15, 0.2) is 23.0 Å². The van der Waals surface area contributed by atoms with Crippen molar-refractivity contribution in [2.24, 2.45) is 10.2 Å². The molecule has 10 nitrogen and oxygen atoms in total. The molecule has 0 bridgehead atoms. The lowest BCUT2D eigenvalue weighted by molar-refractivity contribution is -0.121. The number of rotatable bonds is 18. The SMILES string of the molecule is C=CCOc1ccc(/C=N/NC(=O)CCCCCC(=O)N/N=C/c2ccc(OCC=C)c(OC)c2)cc1OC. The summed E-state index contributed by atoms with van der Waals surface area (Å²) in [4.78, 5) is 24.0. The molecule has 0 aliphatic rings. The standard InChI is InChI=1S/C29H36N4O6/c1-5-16-38-24-14-12-22(18-26(24)36-3)20-30-32-28(34)10-8-7-9-11-29(35)33-31-21-23-13-15-25(39-17-6-2)27(19-23)37-4/h5-6,12-15,18-21H,1-2,7-11,16-17H2,3-4H3,(H,32,34)(H,33,35)/b30-20+,31-21+. The van der Waals surface area contributed by atoms with Crippen LogP contribution in [0.4, 0.5) is 0 Å². The molecule has 2 rings (SSSR count). The van der Waals surface area contributed by atoms with Crippen molar-refractivity contribution in [1.29, 1.82) is 0 Å². The highest BCUT2D eigenvalue weighted by molar-refractivity contribution is 5.84. The van der Waals surface area contributed by atoms with Gasteiger partial charge in [-0.25, -0.2) is 10.9 Å². The van der Waals surface area contributed by atoms with Crippen molar-refractivity contribution in [3.63, 3.8) is 0 Å². The van der Waals surface area contributed by atoms with Crippen molar-refractivity contribution >= 4 is 24.2 Å². The molecule has 0 heterocycles. The summed E-state index contributed by atoms with van der Waals surface area (Å²) >= 11 is 0. The van der Waals surface area contributed by atoms with Crippen LogP contribution in [0.2, 0.25) is 0 Å². The Morgan fingerprint density at radius 2 is 1.15 bits per heavy atom. The van der Waals surface area contributed by atoms with Crippen LogP contribution in [0, 0.1) is 0 Å². The molecular formula is C29H36N4O6. The van der Waals surface area contributed by atoms with E-state index in [1.165, 1.54) is 12.4 Å². The van der Waals surface area contributed by atoms with E-state index in [9.17, 15) is 9.59 Å². The Morgan fingerprint density at radius 1 is 0.718 bits per heavy atom. The molecule has 0 spiro atoms. The molecule has 0 radical (unpaired) electrons. The van der Waals surface area contributed by atoms with Gasteiger partial charge >= 0.3 is 0 Å². The summed E-state index contributed by atoms with van der Waals surface area (Å²) in [6, 6.07) is 10.7. The summed E-state index contributed by atoms with van der Waals surface area (Å²) in [5.74, 6) is 1.92. The van der Waals surface area contributed by atoms with Crippen LogP contribution >= 0.6 is 0 Å². The van der Waals surface area contributed by atoms with E-state index in [0.29, 0.717) is 61.9 Å². The largest absolute Gasteiger partial charge is 0.493 e. The minimum absolute atomic E-state index is 0.199. The summed E-state index contributed by atoms with van der Waals surface area (Å²) < 4.78 is 21.7. The molecule has 208 valence electrons. The lowest BCUT2D eigenvalue weighted by Crippen LogP contribution is -2.18. The molecule has 0 fully saturated rings. The Labute approximate surface area is 229 Å². The topological polar surface area (TPSA) is 120 Å². The number of amides is 2. The van der Waals surface area contributed by atoms with Gasteiger partial charge in [-0.1, -0.05) is 31.7 Å². The predicted molar refractivity (Wildman–Crippen MR) is 152 cm³/mol. The average Bonchev–Trinajstić information content (AvgIpc) is 2.95. The van der Waals surface area contributed by atoms with E-state index in [-0.39, 0.29) is 11.8 Å². The molecular weight excluding hydrogens is 500 g/mol. The van der Waals surface area contributed by atoms with Crippen molar-refractivity contribution in [2.45, 2.75) is 32.1 Å². The van der Waals surface area contributed by atoms with Gasteiger partial charge in [-0.3, -0.25) is 9.59 Å². The minimum atomic E-state index is -0.199. The van der Waals surface area contributed by atoms with Crippen LogP contribution in [0.15, 0.2) is 71.9 Å². The van der Waals surface area contributed by atoms with E-state index in [2.05, 4.69) is 34.2 Å². The van der Waals surface area contributed by atoms with Crippen LogP contribution in [0.25, 0.3) is 0 Å². The van der Waals surface area contributed by atoms with Gasteiger partial charge in [-0.2, -0.15) is 10.2 Å². The summed E-state index contributed by atoms with van der Waals surface area (Å²) in [5, 5.41) is 7.97. The van der Waals surface area contributed by atoms with Crippen LogP contribution in [-0.2, 0) is 9.59 Å². The van der Waals surface area contributed by atoms with Gasteiger partial charge in [0.25, 0.3) is 0 Å². The molecule has 2 aromatic carbocycles. The normalized spacial score (nSPS) is 10.7. The van der Waals surface area contributed by atoms with Crippen LogP contribution in [0.5, 0.6) is 23.0 Å². The highest BCUT2D eigenvalue weighted by atomic mass is 16.5. The fraction of sp³-hybridized carbons (Fsp3) is 0.310. The van der Waals surface area contributed by atoms with E-state index in [4.69, 9.17) is 18.9 Å². The third-order valence-electron chi connectivity index (χ3n) is 5.20. The first-order valence-electron chi connectivity index (χ1n) is 12.5. The molecule has 0 aliphatic carbocycles. The number of benzene rings is 2. The Bertz CT molecular complexity index is 1070. The molecule has 0 aromatic heterocycles. The van der Waals surface area contributed by atoms with Crippen molar-refractivity contribution in [3.8, 4) is 23.0 Å². The number of carbonyl (C=O) groups is 2. The zero-order valence-corrected chi connectivity index (χ0v) is 22.5. The maximum Gasteiger partial charge on any atom is 0.240 e. The number of carbonyl (C=O) groups excluding carboxylic acids is 2. The first-order chi connectivity index (χ1) is 19.0.